The summed E-state index contributed by atoms with van der Waals surface area (Å²) in [6.07, 6.45) is 1.63. The summed E-state index contributed by atoms with van der Waals surface area (Å²) in [4.78, 5) is 17.0. The number of hydrogen-bond donors (Lipinski definition) is 1. The predicted octanol–water partition coefficient (Wildman–Crippen LogP) is 5.06. The van der Waals surface area contributed by atoms with Crippen molar-refractivity contribution in [2.45, 2.75) is 37.6 Å². The molecule has 2 aromatic carbocycles. The Morgan fingerprint density at radius 2 is 1.73 bits per heavy atom. The predicted molar refractivity (Wildman–Crippen MR) is 131 cm³/mol. The molecule has 4 rings (SSSR count). The van der Waals surface area contributed by atoms with Crippen molar-refractivity contribution in [2.75, 3.05) is 23.7 Å². The molecular formula is C25H27FN2O3S2. The second kappa shape index (κ2) is 9.65. The Bertz CT molecular complexity index is 1230. The minimum Gasteiger partial charge on any atom is -0.371 e. The molecular weight excluding hydrogens is 459 g/mol. The number of nitrogens with zero attached hydrogens (tertiary/aromatic N) is 1. The molecule has 0 spiro atoms. The number of piperidine rings is 1. The fourth-order valence-corrected chi connectivity index (χ4v) is 6.02. The van der Waals surface area contributed by atoms with Gasteiger partial charge in [-0.1, -0.05) is 19.1 Å². The van der Waals surface area contributed by atoms with Gasteiger partial charge >= 0.3 is 0 Å². The molecule has 8 heteroatoms. The van der Waals surface area contributed by atoms with Gasteiger partial charge in [-0.15, -0.1) is 11.3 Å². The first-order valence-corrected chi connectivity index (χ1v) is 13.5. The highest BCUT2D eigenvalue weighted by Gasteiger charge is 2.23. The number of sulfone groups is 1. The fraction of sp³-hybridized carbons (Fsp3) is 0.320. The van der Waals surface area contributed by atoms with Crippen molar-refractivity contribution in [1.29, 1.82) is 0 Å². The molecule has 174 valence electrons. The molecule has 0 aliphatic carbocycles. The number of aryl methyl sites for hydroxylation is 1. The van der Waals surface area contributed by atoms with Crippen LogP contribution in [-0.4, -0.2) is 39.2 Å². The first-order chi connectivity index (χ1) is 15.8. The van der Waals surface area contributed by atoms with Crippen LogP contribution >= 0.6 is 11.3 Å². The van der Waals surface area contributed by atoms with Gasteiger partial charge < -0.3 is 10.2 Å². The van der Waals surface area contributed by atoms with Crippen LogP contribution in [0.15, 0.2) is 59.5 Å². The maximum atomic E-state index is 13.2. The third-order valence-corrected chi connectivity index (χ3v) is 9.05. The standard InChI is InChI=1S/C25H27FN2O3S2/c1-3-33(30,31)22-10-8-21(9-11-22)28-14-12-20(13-15-28)27-25(29)23-16-17(2)24(32-23)18-4-6-19(26)7-5-18/h4-11,16,20H,3,12-15H2,1-2H3,(H,27,29). The Morgan fingerprint density at radius 3 is 2.33 bits per heavy atom. The molecule has 33 heavy (non-hydrogen) atoms. The maximum absolute atomic E-state index is 13.2. The molecule has 5 nitrogen and oxygen atoms in total. The van der Waals surface area contributed by atoms with E-state index in [-0.39, 0.29) is 23.5 Å². The van der Waals surface area contributed by atoms with Crippen LogP contribution in [0.25, 0.3) is 10.4 Å². The molecule has 1 N–H and O–H groups in total. The average Bonchev–Trinajstić information content (AvgIpc) is 3.22. The van der Waals surface area contributed by atoms with E-state index in [0.29, 0.717) is 9.77 Å². The number of carbonyl (C=O) groups excluding carboxylic acids is 1. The van der Waals surface area contributed by atoms with Gasteiger partial charge in [-0.05, 0) is 73.4 Å². The van der Waals surface area contributed by atoms with Gasteiger partial charge in [0.05, 0.1) is 15.5 Å². The van der Waals surface area contributed by atoms with Crippen molar-refractivity contribution in [3.63, 3.8) is 0 Å². The summed E-state index contributed by atoms with van der Waals surface area (Å²) in [6.45, 7) is 5.18. The van der Waals surface area contributed by atoms with Gasteiger partial charge in [0, 0.05) is 29.7 Å². The lowest BCUT2D eigenvalue weighted by atomic mass is 10.0. The Morgan fingerprint density at radius 1 is 1.09 bits per heavy atom. The van der Waals surface area contributed by atoms with Crippen LogP contribution in [0.2, 0.25) is 0 Å². The Hall–Kier alpha value is -2.71. The molecule has 1 fully saturated rings. The number of carbonyl (C=O) groups is 1. The molecule has 1 saturated heterocycles. The van der Waals surface area contributed by atoms with E-state index in [2.05, 4.69) is 10.2 Å². The highest BCUT2D eigenvalue weighted by molar-refractivity contribution is 7.91. The summed E-state index contributed by atoms with van der Waals surface area (Å²) in [5.74, 6) is -0.268. The number of anilines is 1. The highest BCUT2D eigenvalue weighted by atomic mass is 32.2. The first kappa shape index (κ1) is 23.4. The Balaban J connectivity index is 1.35. The highest BCUT2D eigenvalue weighted by Crippen LogP contribution is 2.32. The maximum Gasteiger partial charge on any atom is 0.261 e. The number of hydrogen-bond acceptors (Lipinski definition) is 5. The molecule has 0 atom stereocenters. The number of thiophene rings is 1. The lowest BCUT2D eigenvalue weighted by molar-refractivity contribution is 0.0935. The molecule has 1 aliphatic heterocycles. The molecule has 1 aliphatic rings. The zero-order valence-electron chi connectivity index (χ0n) is 18.7. The van der Waals surface area contributed by atoms with Crippen molar-refractivity contribution in [3.8, 4) is 10.4 Å². The summed E-state index contributed by atoms with van der Waals surface area (Å²) in [5, 5.41) is 3.15. The lowest BCUT2D eigenvalue weighted by Gasteiger charge is -2.34. The van der Waals surface area contributed by atoms with Crippen LogP contribution in [0.5, 0.6) is 0 Å². The normalized spacial score (nSPS) is 14.9. The van der Waals surface area contributed by atoms with E-state index in [9.17, 15) is 17.6 Å². The lowest BCUT2D eigenvalue weighted by Crippen LogP contribution is -2.44. The molecule has 0 bridgehead atoms. The third kappa shape index (κ3) is 5.28. The molecule has 0 radical (unpaired) electrons. The van der Waals surface area contributed by atoms with E-state index < -0.39 is 9.84 Å². The van der Waals surface area contributed by atoms with Crippen LogP contribution < -0.4 is 10.2 Å². The van der Waals surface area contributed by atoms with Crippen molar-refractivity contribution in [3.05, 3.63) is 70.9 Å². The Labute approximate surface area is 198 Å². The topological polar surface area (TPSA) is 66.5 Å². The summed E-state index contributed by atoms with van der Waals surface area (Å²) in [7, 11) is -3.20. The van der Waals surface area contributed by atoms with Gasteiger partial charge in [0.15, 0.2) is 9.84 Å². The average molecular weight is 487 g/mol. The summed E-state index contributed by atoms with van der Waals surface area (Å²) < 4.78 is 37.2. The van der Waals surface area contributed by atoms with Crippen LogP contribution in [0, 0.1) is 12.7 Å². The number of amides is 1. The number of halogens is 1. The van der Waals surface area contributed by atoms with Crippen molar-refractivity contribution >= 4 is 32.8 Å². The summed E-state index contributed by atoms with van der Waals surface area (Å²) in [6, 6.07) is 15.3. The zero-order chi connectivity index (χ0) is 23.6. The van der Waals surface area contributed by atoms with Crippen LogP contribution in [0.4, 0.5) is 10.1 Å². The van der Waals surface area contributed by atoms with Crippen molar-refractivity contribution in [1.82, 2.24) is 5.32 Å². The van der Waals surface area contributed by atoms with Gasteiger partial charge in [0.1, 0.15) is 5.82 Å². The van der Waals surface area contributed by atoms with E-state index >= 15 is 0 Å². The molecule has 3 aromatic rings. The van der Waals surface area contributed by atoms with E-state index in [1.54, 1.807) is 31.2 Å². The Kier molecular flexibility index (Phi) is 6.86. The minimum atomic E-state index is -3.20. The second-order valence-corrected chi connectivity index (χ2v) is 11.6. The van der Waals surface area contributed by atoms with E-state index in [1.165, 1.54) is 23.5 Å². The fourth-order valence-electron chi connectivity index (χ4n) is 4.05. The van der Waals surface area contributed by atoms with E-state index in [1.807, 2.05) is 25.1 Å². The van der Waals surface area contributed by atoms with Gasteiger partial charge in [-0.2, -0.15) is 0 Å². The summed E-state index contributed by atoms with van der Waals surface area (Å²) >= 11 is 1.42. The minimum absolute atomic E-state index is 0.0796. The van der Waals surface area contributed by atoms with Crippen LogP contribution in [-0.2, 0) is 9.84 Å². The van der Waals surface area contributed by atoms with Crippen molar-refractivity contribution < 1.29 is 17.6 Å². The summed E-state index contributed by atoms with van der Waals surface area (Å²) in [5.41, 5.74) is 2.90. The largest absolute Gasteiger partial charge is 0.371 e. The molecule has 1 amide bonds. The van der Waals surface area contributed by atoms with Crippen LogP contribution in [0.3, 0.4) is 0 Å². The van der Waals surface area contributed by atoms with E-state index in [0.717, 1.165) is 47.6 Å². The molecule has 1 aromatic heterocycles. The molecule has 0 unspecified atom stereocenters. The van der Waals surface area contributed by atoms with Gasteiger partial charge in [0.25, 0.3) is 5.91 Å². The SMILES string of the molecule is CCS(=O)(=O)c1ccc(N2CCC(NC(=O)c3cc(C)c(-c4ccc(F)cc4)s3)CC2)cc1. The van der Waals surface area contributed by atoms with Gasteiger partial charge in [-0.3, -0.25) is 4.79 Å². The first-order valence-electron chi connectivity index (χ1n) is 11.0. The smallest absolute Gasteiger partial charge is 0.261 e. The number of benzene rings is 2. The van der Waals surface area contributed by atoms with Gasteiger partial charge in [0.2, 0.25) is 0 Å². The van der Waals surface area contributed by atoms with Crippen LogP contribution in [0.1, 0.15) is 35.0 Å². The quantitative estimate of drug-likeness (QED) is 0.529. The molecule has 0 saturated carbocycles. The number of rotatable bonds is 6. The van der Waals surface area contributed by atoms with Crippen molar-refractivity contribution in [2.24, 2.45) is 0 Å². The zero-order valence-corrected chi connectivity index (χ0v) is 20.3. The van der Waals surface area contributed by atoms with Gasteiger partial charge in [-0.25, -0.2) is 12.8 Å². The monoisotopic (exact) mass is 486 g/mol. The third-order valence-electron chi connectivity index (χ3n) is 6.02. The second-order valence-electron chi connectivity index (χ2n) is 8.26. The molecule has 2 heterocycles. The van der Waals surface area contributed by atoms with E-state index in [4.69, 9.17) is 0 Å². The number of nitrogens with one attached hydrogen (secondary N) is 1.